The third kappa shape index (κ3) is 3.14. The molecule has 0 spiro atoms. The molecule has 2 fully saturated rings. The minimum atomic E-state index is 0.265. The molecule has 2 aliphatic rings. The summed E-state index contributed by atoms with van der Waals surface area (Å²) >= 11 is 0. The minimum Gasteiger partial charge on any atom is -0.396 e. The van der Waals surface area contributed by atoms with Gasteiger partial charge in [0.15, 0.2) is 0 Å². The first-order valence-corrected chi connectivity index (χ1v) is 8.07. The van der Waals surface area contributed by atoms with Gasteiger partial charge in [-0.25, -0.2) is 0 Å². The molecule has 4 unspecified atom stereocenters. The Bertz CT molecular complexity index is 274. The van der Waals surface area contributed by atoms with Crippen LogP contribution in [0.3, 0.4) is 0 Å². The van der Waals surface area contributed by atoms with Crippen LogP contribution in [0.5, 0.6) is 0 Å². The molecule has 1 aliphatic carbocycles. The summed E-state index contributed by atoms with van der Waals surface area (Å²) in [5.41, 5.74) is 0.265. The highest BCUT2D eigenvalue weighted by Gasteiger charge is 2.57. The molecule has 112 valence electrons. The highest BCUT2D eigenvalue weighted by Crippen LogP contribution is 2.51. The van der Waals surface area contributed by atoms with Gasteiger partial charge in [0.2, 0.25) is 0 Å². The molecule has 1 saturated heterocycles. The Labute approximate surface area is 118 Å². The van der Waals surface area contributed by atoms with E-state index >= 15 is 0 Å². The summed E-state index contributed by atoms with van der Waals surface area (Å²) in [6, 6.07) is 0.593. The standard InChI is InChI=1S/C16H31NO2/c1-4-6-12(8-9-18)11-17-14-13-7-5-10-19-15(13)16(14,2)3/h12-15,17-18H,4-11H2,1-3H3. The van der Waals surface area contributed by atoms with Crippen molar-refractivity contribution in [1.82, 2.24) is 5.32 Å². The predicted molar refractivity (Wildman–Crippen MR) is 78.1 cm³/mol. The number of ether oxygens (including phenoxy) is 1. The fourth-order valence-corrected chi connectivity index (χ4v) is 4.17. The van der Waals surface area contributed by atoms with E-state index in [9.17, 15) is 0 Å². The van der Waals surface area contributed by atoms with E-state index in [1.54, 1.807) is 0 Å². The van der Waals surface area contributed by atoms with Gasteiger partial charge in [-0.1, -0.05) is 27.2 Å². The molecule has 3 nitrogen and oxygen atoms in total. The van der Waals surface area contributed by atoms with Crippen molar-refractivity contribution in [2.24, 2.45) is 17.3 Å². The molecule has 1 heterocycles. The topological polar surface area (TPSA) is 41.5 Å². The Hall–Kier alpha value is -0.120. The van der Waals surface area contributed by atoms with E-state index < -0.39 is 0 Å². The van der Waals surface area contributed by atoms with E-state index in [0.717, 1.165) is 19.6 Å². The van der Waals surface area contributed by atoms with Gasteiger partial charge in [-0.2, -0.15) is 0 Å². The Balaban J connectivity index is 1.84. The molecular weight excluding hydrogens is 238 g/mol. The second kappa shape index (κ2) is 6.55. The summed E-state index contributed by atoms with van der Waals surface area (Å²) in [5.74, 6) is 1.33. The Morgan fingerprint density at radius 2 is 2.16 bits per heavy atom. The summed E-state index contributed by atoms with van der Waals surface area (Å²) in [6.45, 7) is 9.19. The predicted octanol–water partition coefficient (Wildman–Crippen LogP) is 2.58. The van der Waals surface area contributed by atoms with Crippen LogP contribution in [-0.4, -0.2) is 37.0 Å². The molecule has 0 aromatic carbocycles. The van der Waals surface area contributed by atoms with Crippen LogP contribution in [0.2, 0.25) is 0 Å². The van der Waals surface area contributed by atoms with E-state index in [0.29, 0.717) is 30.6 Å². The summed E-state index contributed by atoms with van der Waals surface area (Å²) < 4.78 is 5.94. The SMILES string of the molecule is CCCC(CCO)CNC1C2CCCOC2C1(C)C. The zero-order chi connectivity index (χ0) is 13.9. The molecule has 0 amide bonds. The molecule has 2 rings (SSSR count). The van der Waals surface area contributed by atoms with Gasteiger partial charge in [0.05, 0.1) is 6.10 Å². The maximum Gasteiger partial charge on any atom is 0.0684 e. The van der Waals surface area contributed by atoms with Gasteiger partial charge in [0.1, 0.15) is 0 Å². The monoisotopic (exact) mass is 269 g/mol. The van der Waals surface area contributed by atoms with E-state index in [1.807, 2.05) is 0 Å². The molecule has 19 heavy (non-hydrogen) atoms. The number of aliphatic hydroxyl groups is 1. The number of fused-ring (bicyclic) bond motifs is 1. The lowest BCUT2D eigenvalue weighted by atomic mass is 9.55. The normalized spacial score (nSPS) is 34.4. The smallest absolute Gasteiger partial charge is 0.0684 e. The Morgan fingerprint density at radius 1 is 1.37 bits per heavy atom. The van der Waals surface area contributed by atoms with Crippen LogP contribution in [0.4, 0.5) is 0 Å². The van der Waals surface area contributed by atoms with Gasteiger partial charge in [0, 0.05) is 30.6 Å². The van der Waals surface area contributed by atoms with Crippen LogP contribution >= 0.6 is 0 Å². The van der Waals surface area contributed by atoms with Crippen LogP contribution in [-0.2, 0) is 4.74 Å². The van der Waals surface area contributed by atoms with Crippen molar-refractivity contribution in [3.63, 3.8) is 0 Å². The fourth-order valence-electron chi connectivity index (χ4n) is 4.17. The lowest BCUT2D eigenvalue weighted by Crippen LogP contribution is -2.69. The summed E-state index contributed by atoms with van der Waals surface area (Å²) in [5, 5.41) is 12.9. The lowest BCUT2D eigenvalue weighted by Gasteiger charge is -2.60. The van der Waals surface area contributed by atoms with Gasteiger partial charge in [-0.15, -0.1) is 0 Å². The lowest BCUT2D eigenvalue weighted by molar-refractivity contribution is -0.193. The van der Waals surface area contributed by atoms with Crippen molar-refractivity contribution in [2.75, 3.05) is 19.8 Å². The molecule has 0 radical (unpaired) electrons. The average Bonchev–Trinajstić information content (AvgIpc) is 2.39. The van der Waals surface area contributed by atoms with Gasteiger partial charge in [-0.05, 0) is 38.1 Å². The number of aliphatic hydroxyl groups excluding tert-OH is 1. The van der Waals surface area contributed by atoms with Crippen molar-refractivity contribution in [1.29, 1.82) is 0 Å². The van der Waals surface area contributed by atoms with E-state index in [2.05, 4.69) is 26.1 Å². The largest absolute Gasteiger partial charge is 0.396 e. The van der Waals surface area contributed by atoms with Gasteiger partial charge < -0.3 is 15.2 Å². The van der Waals surface area contributed by atoms with E-state index in [1.165, 1.54) is 25.7 Å². The van der Waals surface area contributed by atoms with Crippen LogP contribution in [0.15, 0.2) is 0 Å². The molecular formula is C16H31NO2. The number of rotatable bonds is 7. The van der Waals surface area contributed by atoms with Crippen LogP contribution in [0.1, 0.15) is 52.9 Å². The van der Waals surface area contributed by atoms with Crippen molar-refractivity contribution in [3.8, 4) is 0 Å². The van der Waals surface area contributed by atoms with Gasteiger partial charge >= 0.3 is 0 Å². The maximum absolute atomic E-state index is 9.14. The quantitative estimate of drug-likeness (QED) is 0.746. The summed E-state index contributed by atoms with van der Waals surface area (Å²) in [4.78, 5) is 0. The Morgan fingerprint density at radius 3 is 2.84 bits per heavy atom. The first-order valence-electron chi connectivity index (χ1n) is 8.07. The van der Waals surface area contributed by atoms with Crippen molar-refractivity contribution >= 4 is 0 Å². The second-order valence-corrected chi connectivity index (χ2v) is 6.97. The van der Waals surface area contributed by atoms with E-state index in [-0.39, 0.29) is 5.41 Å². The molecule has 3 heteroatoms. The zero-order valence-electron chi connectivity index (χ0n) is 12.8. The summed E-state index contributed by atoms with van der Waals surface area (Å²) in [6.07, 6.45) is 6.33. The number of nitrogens with one attached hydrogen (secondary N) is 1. The van der Waals surface area contributed by atoms with Crippen LogP contribution in [0.25, 0.3) is 0 Å². The first-order chi connectivity index (χ1) is 9.11. The molecule has 1 saturated carbocycles. The maximum atomic E-state index is 9.14. The molecule has 0 aromatic heterocycles. The average molecular weight is 269 g/mol. The third-order valence-electron chi connectivity index (χ3n) is 5.19. The number of hydrogen-bond acceptors (Lipinski definition) is 3. The van der Waals surface area contributed by atoms with Crippen molar-refractivity contribution in [3.05, 3.63) is 0 Å². The molecule has 0 aromatic rings. The summed E-state index contributed by atoms with van der Waals surface area (Å²) in [7, 11) is 0. The molecule has 0 bridgehead atoms. The zero-order valence-corrected chi connectivity index (χ0v) is 12.8. The van der Waals surface area contributed by atoms with Crippen LogP contribution < -0.4 is 5.32 Å². The van der Waals surface area contributed by atoms with E-state index in [4.69, 9.17) is 9.84 Å². The molecule has 1 aliphatic heterocycles. The third-order valence-corrected chi connectivity index (χ3v) is 5.19. The Kier molecular flexibility index (Phi) is 5.27. The van der Waals surface area contributed by atoms with Gasteiger partial charge in [0.25, 0.3) is 0 Å². The molecule has 2 N–H and O–H groups in total. The first kappa shape index (κ1) is 15.3. The second-order valence-electron chi connectivity index (χ2n) is 6.97. The number of hydrogen-bond donors (Lipinski definition) is 2. The van der Waals surface area contributed by atoms with Gasteiger partial charge in [-0.3, -0.25) is 0 Å². The highest BCUT2D eigenvalue weighted by atomic mass is 16.5. The van der Waals surface area contributed by atoms with Crippen LogP contribution in [0, 0.1) is 17.3 Å². The highest BCUT2D eigenvalue weighted by molar-refractivity contribution is 5.10. The van der Waals surface area contributed by atoms with Crippen molar-refractivity contribution in [2.45, 2.75) is 65.0 Å². The fraction of sp³-hybridized carbons (Fsp3) is 1.00. The molecule has 4 atom stereocenters. The van der Waals surface area contributed by atoms with Crippen molar-refractivity contribution < 1.29 is 9.84 Å². The minimum absolute atomic E-state index is 0.265.